The van der Waals surface area contributed by atoms with Crippen molar-refractivity contribution in [2.24, 2.45) is 0 Å². The molecule has 0 fully saturated rings. The van der Waals surface area contributed by atoms with Gasteiger partial charge in [-0.1, -0.05) is 12.1 Å². The van der Waals surface area contributed by atoms with Crippen LogP contribution in [0.1, 0.15) is 16.1 Å². The SMILES string of the molecule is O=C(NCc1ccc(OC(F)(F)F)cc1)c1cc2cc(F)ccc2[nH]1. The van der Waals surface area contributed by atoms with Crippen LogP contribution in [0.5, 0.6) is 5.75 Å². The van der Waals surface area contributed by atoms with E-state index in [0.717, 1.165) is 0 Å². The molecule has 0 saturated carbocycles. The maximum Gasteiger partial charge on any atom is 0.573 e. The van der Waals surface area contributed by atoms with Gasteiger partial charge in [0.1, 0.15) is 17.3 Å². The molecule has 1 aromatic heterocycles. The Bertz CT molecular complexity index is 901. The van der Waals surface area contributed by atoms with E-state index in [4.69, 9.17) is 0 Å². The summed E-state index contributed by atoms with van der Waals surface area (Å²) < 4.78 is 53.2. The standard InChI is InChI=1S/C17H12F4N2O2/c18-12-3-6-14-11(7-12)8-15(23-14)16(24)22-9-10-1-4-13(5-2-10)25-17(19,20)21/h1-8,23H,9H2,(H,22,24). The third kappa shape index (κ3) is 4.28. The first-order chi connectivity index (χ1) is 11.8. The number of benzene rings is 2. The van der Waals surface area contributed by atoms with Crippen LogP contribution in [0.25, 0.3) is 10.9 Å². The van der Waals surface area contributed by atoms with Crippen LogP contribution in [-0.4, -0.2) is 17.3 Å². The molecule has 3 aromatic rings. The summed E-state index contributed by atoms with van der Waals surface area (Å²) in [7, 11) is 0. The summed E-state index contributed by atoms with van der Waals surface area (Å²) in [5.41, 5.74) is 1.49. The Morgan fingerprint density at radius 1 is 1.08 bits per heavy atom. The molecule has 2 N–H and O–H groups in total. The quantitative estimate of drug-likeness (QED) is 0.694. The fraction of sp³-hybridized carbons (Fsp3) is 0.118. The molecular weight excluding hydrogens is 340 g/mol. The van der Waals surface area contributed by atoms with Crippen molar-refractivity contribution in [1.82, 2.24) is 10.3 Å². The molecule has 2 aromatic carbocycles. The van der Waals surface area contributed by atoms with Gasteiger partial charge in [-0.3, -0.25) is 4.79 Å². The number of halogens is 4. The van der Waals surface area contributed by atoms with Crippen molar-refractivity contribution in [2.45, 2.75) is 12.9 Å². The van der Waals surface area contributed by atoms with Crippen LogP contribution in [0.15, 0.2) is 48.5 Å². The van der Waals surface area contributed by atoms with Crippen molar-refractivity contribution in [3.05, 3.63) is 65.6 Å². The maximum atomic E-state index is 13.2. The maximum absolute atomic E-state index is 13.2. The van der Waals surface area contributed by atoms with E-state index in [0.29, 0.717) is 16.5 Å². The molecule has 0 aliphatic rings. The number of fused-ring (bicyclic) bond motifs is 1. The molecule has 0 unspecified atom stereocenters. The summed E-state index contributed by atoms with van der Waals surface area (Å²) in [6.45, 7) is 0.120. The second-order valence-electron chi connectivity index (χ2n) is 5.29. The number of amides is 1. The molecule has 1 amide bonds. The lowest BCUT2D eigenvalue weighted by molar-refractivity contribution is -0.274. The van der Waals surface area contributed by atoms with E-state index in [1.165, 1.54) is 48.5 Å². The largest absolute Gasteiger partial charge is 0.573 e. The number of aromatic amines is 1. The van der Waals surface area contributed by atoms with E-state index < -0.39 is 18.1 Å². The Kier molecular flexibility index (Phi) is 4.35. The highest BCUT2D eigenvalue weighted by Gasteiger charge is 2.30. The van der Waals surface area contributed by atoms with Gasteiger partial charge in [-0.25, -0.2) is 4.39 Å². The minimum atomic E-state index is -4.75. The predicted octanol–water partition coefficient (Wildman–Crippen LogP) is 4.14. The van der Waals surface area contributed by atoms with Gasteiger partial charge >= 0.3 is 6.36 Å². The van der Waals surface area contributed by atoms with Gasteiger partial charge in [0.05, 0.1) is 0 Å². The molecule has 130 valence electrons. The Labute approximate surface area is 139 Å². The summed E-state index contributed by atoms with van der Waals surface area (Å²) in [5.74, 6) is -1.15. The molecule has 0 aliphatic heterocycles. The average molecular weight is 352 g/mol. The minimum absolute atomic E-state index is 0.120. The van der Waals surface area contributed by atoms with E-state index in [2.05, 4.69) is 15.0 Å². The summed E-state index contributed by atoms with van der Waals surface area (Å²) in [6.07, 6.45) is -4.75. The molecule has 8 heteroatoms. The molecule has 0 aliphatic carbocycles. The van der Waals surface area contributed by atoms with Crippen LogP contribution in [0.2, 0.25) is 0 Å². The first kappa shape index (κ1) is 16.8. The van der Waals surface area contributed by atoms with E-state index in [1.54, 1.807) is 0 Å². The number of ether oxygens (including phenoxy) is 1. The fourth-order valence-corrected chi connectivity index (χ4v) is 2.31. The molecule has 0 bridgehead atoms. The monoisotopic (exact) mass is 352 g/mol. The second kappa shape index (κ2) is 6.46. The molecule has 1 heterocycles. The second-order valence-corrected chi connectivity index (χ2v) is 5.29. The van der Waals surface area contributed by atoms with Gasteiger partial charge in [-0.2, -0.15) is 0 Å². The summed E-state index contributed by atoms with van der Waals surface area (Å²) in [6, 6.07) is 10.8. The van der Waals surface area contributed by atoms with Gasteiger partial charge in [0.15, 0.2) is 0 Å². The molecule has 4 nitrogen and oxygen atoms in total. The highest BCUT2D eigenvalue weighted by Crippen LogP contribution is 2.22. The Morgan fingerprint density at radius 3 is 2.48 bits per heavy atom. The van der Waals surface area contributed by atoms with Gasteiger partial charge in [-0.15, -0.1) is 13.2 Å². The van der Waals surface area contributed by atoms with Crippen molar-refractivity contribution in [2.75, 3.05) is 0 Å². The average Bonchev–Trinajstić information content (AvgIpc) is 2.95. The van der Waals surface area contributed by atoms with E-state index in [9.17, 15) is 22.4 Å². The predicted molar refractivity (Wildman–Crippen MR) is 82.6 cm³/mol. The smallest absolute Gasteiger partial charge is 0.406 e. The van der Waals surface area contributed by atoms with E-state index in [-0.39, 0.29) is 18.0 Å². The number of carbonyl (C=O) groups is 1. The number of alkyl halides is 3. The number of aromatic nitrogens is 1. The van der Waals surface area contributed by atoms with Crippen LogP contribution >= 0.6 is 0 Å². The number of nitrogens with one attached hydrogen (secondary N) is 2. The van der Waals surface area contributed by atoms with Crippen LogP contribution in [-0.2, 0) is 6.54 Å². The number of hydrogen-bond acceptors (Lipinski definition) is 2. The number of rotatable bonds is 4. The molecule has 0 radical (unpaired) electrons. The van der Waals surface area contributed by atoms with Crippen LogP contribution in [0.4, 0.5) is 17.6 Å². The Morgan fingerprint density at radius 2 is 1.80 bits per heavy atom. The number of hydrogen-bond donors (Lipinski definition) is 2. The first-order valence-electron chi connectivity index (χ1n) is 7.21. The molecule has 25 heavy (non-hydrogen) atoms. The molecular formula is C17H12F4N2O2. The lowest BCUT2D eigenvalue weighted by Gasteiger charge is -2.09. The van der Waals surface area contributed by atoms with Crippen LogP contribution in [0.3, 0.4) is 0 Å². The van der Waals surface area contributed by atoms with E-state index >= 15 is 0 Å². The van der Waals surface area contributed by atoms with Gasteiger partial charge in [0, 0.05) is 17.4 Å². The topological polar surface area (TPSA) is 54.1 Å². The number of H-pyrrole nitrogens is 1. The van der Waals surface area contributed by atoms with Gasteiger partial charge in [0.2, 0.25) is 0 Å². The third-order valence-electron chi connectivity index (χ3n) is 3.44. The third-order valence-corrected chi connectivity index (χ3v) is 3.44. The van der Waals surface area contributed by atoms with Crippen molar-refractivity contribution in [1.29, 1.82) is 0 Å². The highest BCUT2D eigenvalue weighted by atomic mass is 19.4. The van der Waals surface area contributed by atoms with Gasteiger partial charge < -0.3 is 15.0 Å². The van der Waals surface area contributed by atoms with Crippen molar-refractivity contribution in [3.63, 3.8) is 0 Å². The molecule has 0 spiro atoms. The summed E-state index contributed by atoms with van der Waals surface area (Å²) in [5, 5.41) is 3.20. The lowest BCUT2D eigenvalue weighted by atomic mass is 10.2. The van der Waals surface area contributed by atoms with Crippen LogP contribution < -0.4 is 10.1 Å². The normalized spacial score (nSPS) is 11.5. The summed E-state index contributed by atoms with van der Waals surface area (Å²) >= 11 is 0. The summed E-state index contributed by atoms with van der Waals surface area (Å²) in [4.78, 5) is 15.0. The van der Waals surface area contributed by atoms with Crippen molar-refractivity contribution >= 4 is 16.8 Å². The highest BCUT2D eigenvalue weighted by molar-refractivity contribution is 5.97. The minimum Gasteiger partial charge on any atom is -0.406 e. The zero-order valence-electron chi connectivity index (χ0n) is 12.7. The Hall–Kier alpha value is -3.03. The zero-order chi connectivity index (χ0) is 18.0. The van der Waals surface area contributed by atoms with E-state index in [1.807, 2.05) is 0 Å². The van der Waals surface area contributed by atoms with Crippen LogP contribution in [0, 0.1) is 5.82 Å². The first-order valence-corrected chi connectivity index (χ1v) is 7.21. The van der Waals surface area contributed by atoms with Gasteiger partial charge in [-0.05, 0) is 42.0 Å². The van der Waals surface area contributed by atoms with Crippen molar-refractivity contribution in [3.8, 4) is 5.75 Å². The Balaban J connectivity index is 1.63. The molecule has 3 rings (SSSR count). The number of carbonyl (C=O) groups excluding carboxylic acids is 1. The van der Waals surface area contributed by atoms with Crippen molar-refractivity contribution < 1.29 is 27.1 Å². The fourth-order valence-electron chi connectivity index (χ4n) is 2.31. The molecule has 0 saturated heterocycles. The zero-order valence-corrected chi connectivity index (χ0v) is 12.7. The van der Waals surface area contributed by atoms with Gasteiger partial charge in [0.25, 0.3) is 5.91 Å². The lowest BCUT2D eigenvalue weighted by Crippen LogP contribution is -2.23. The molecule has 0 atom stereocenters.